The van der Waals surface area contributed by atoms with E-state index in [0.717, 1.165) is 27.8 Å². The van der Waals surface area contributed by atoms with Crippen molar-refractivity contribution in [1.82, 2.24) is 0 Å². The van der Waals surface area contributed by atoms with Crippen LogP contribution in [0.15, 0.2) is 18.2 Å². The minimum absolute atomic E-state index is 0.310. The van der Waals surface area contributed by atoms with E-state index in [-0.39, 0.29) is 0 Å². The molecule has 0 amide bonds. The Morgan fingerprint density at radius 2 is 1.85 bits per heavy atom. The maximum absolute atomic E-state index is 12.7. The van der Waals surface area contributed by atoms with Crippen molar-refractivity contribution >= 4 is 5.97 Å². The van der Waals surface area contributed by atoms with Gasteiger partial charge >= 0.3 is 5.97 Å². The van der Waals surface area contributed by atoms with Crippen LogP contribution in [-0.4, -0.2) is 24.0 Å². The van der Waals surface area contributed by atoms with Gasteiger partial charge in [-0.3, -0.25) is 0 Å². The molecule has 1 N–H and O–H groups in total. The highest BCUT2D eigenvalue weighted by molar-refractivity contribution is 5.91. The van der Waals surface area contributed by atoms with E-state index in [9.17, 15) is 9.90 Å². The van der Waals surface area contributed by atoms with E-state index in [1.165, 1.54) is 0 Å². The third-order valence-corrected chi connectivity index (χ3v) is 5.45. The second-order valence-electron chi connectivity index (χ2n) is 7.34. The molecular weight excluding hydrogens is 344 g/mol. The molecule has 3 rings (SSSR count). The Bertz CT molecular complexity index is 916. The molecule has 1 aliphatic heterocycles. The molecule has 5 nitrogen and oxygen atoms in total. The highest BCUT2D eigenvalue weighted by Gasteiger charge is 2.38. The zero-order valence-corrected chi connectivity index (χ0v) is 16.7. The molecule has 0 aliphatic carbocycles. The molecule has 27 heavy (non-hydrogen) atoms. The summed E-state index contributed by atoms with van der Waals surface area (Å²) in [7, 11) is 1.59. The number of carbonyl (C=O) groups is 1. The number of rotatable bonds is 3. The molecule has 0 bridgehead atoms. The lowest BCUT2D eigenvalue weighted by Gasteiger charge is -2.37. The van der Waals surface area contributed by atoms with Crippen molar-refractivity contribution < 1.29 is 24.1 Å². The van der Waals surface area contributed by atoms with Gasteiger partial charge in [0.25, 0.3) is 5.79 Å². The molecule has 0 aromatic heterocycles. The van der Waals surface area contributed by atoms with Gasteiger partial charge in [0, 0.05) is 18.9 Å². The van der Waals surface area contributed by atoms with E-state index in [1.54, 1.807) is 32.2 Å². The lowest BCUT2D eigenvalue weighted by molar-refractivity contribution is -0.142. The van der Waals surface area contributed by atoms with Gasteiger partial charge < -0.3 is 19.3 Å². The van der Waals surface area contributed by atoms with Crippen molar-refractivity contribution in [3.8, 4) is 17.2 Å². The van der Waals surface area contributed by atoms with Gasteiger partial charge in [-0.1, -0.05) is 0 Å². The van der Waals surface area contributed by atoms with Crippen LogP contribution in [0.4, 0.5) is 0 Å². The first kappa shape index (κ1) is 19.1. The van der Waals surface area contributed by atoms with Crippen LogP contribution in [-0.2, 0) is 11.2 Å². The average molecular weight is 370 g/mol. The van der Waals surface area contributed by atoms with Crippen LogP contribution >= 0.6 is 0 Å². The van der Waals surface area contributed by atoms with Gasteiger partial charge in [0.1, 0.15) is 17.2 Å². The Morgan fingerprint density at radius 3 is 2.48 bits per heavy atom. The monoisotopic (exact) mass is 370 g/mol. The predicted molar refractivity (Wildman–Crippen MR) is 103 cm³/mol. The smallest absolute Gasteiger partial charge is 0.341 e. The third kappa shape index (κ3) is 3.34. The lowest BCUT2D eigenvalue weighted by atomic mass is 9.91. The fraction of sp³-hybridized carbons (Fsp3) is 0.409. The van der Waals surface area contributed by atoms with Crippen molar-refractivity contribution in [1.29, 1.82) is 0 Å². The summed E-state index contributed by atoms with van der Waals surface area (Å²) < 4.78 is 17.1. The van der Waals surface area contributed by atoms with Crippen LogP contribution in [0.1, 0.15) is 51.5 Å². The van der Waals surface area contributed by atoms with Crippen LogP contribution in [0.3, 0.4) is 0 Å². The Kier molecular flexibility index (Phi) is 4.81. The third-order valence-electron chi connectivity index (χ3n) is 5.45. The summed E-state index contributed by atoms with van der Waals surface area (Å²) in [6, 6.07) is 5.24. The van der Waals surface area contributed by atoms with Crippen molar-refractivity contribution in [2.45, 2.75) is 53.2 Å². The summed E-state index contributed by atoms with van der Waals surface area (Å²) in [5.41, 5.74) is 4.73. The van der Waals surface area contributed by atoms with Crippen LogP contribution in [0.5, 0.6) is 17.2 Å². The fourth-order valence-electron chi connectivity index (χ4n) is 3.54. The summed E-state index contributed by atoms with van der Waals surface area (Å²) in [5, 5.41) is 10.3. The Morgan fingerprint density at radius 1 is 1.15 bits per heavy atom. The van der Waals surface area contributed by atoms with Crippen molar-refractivity contribution in [2.24, 2.45) is 0 Å². The molecule has 2 aromatic carbocycles. The van der Waals surface area contributed by atoms with E-state index in [4.69, 9.17) is 14.2 Å². The molecule has 0 saturated heterocycles. The Labute approximate surface area is 159 Å². The number of methoxy groups -OCH3 is 1. The molecule has 2 aromatic rings. The minimum Gasteiger partial charge on any atom is -0.507 e. The summed E-state index contributed by atoms with van der Waals surface area (Å²) in [4.78, 5) is 12.7. The largest absolute Gasteiger partial charge is 0.507 e. The second-order valence-corrected chi connectivity index (χ2v) is 7.34. The van der Waals surface area contributed by atoms with E-state index in [1.807, 2.05) is 27.7 Å². The van der Waals surface area contributed by atoms with Crippen molar-refractivity contribution in [3.05, 3.63) is 51.6 Å². The maximum atomic E-state index is 12.7. The molecule has 5 heteroatoms. The van der Waals surface area contributed by atoms with Gasteiger partial charge in [0.2, 0.25) is 0 Å². The molecule has 0 spiro atoms. The molecule has 1 aliphatic rings. The number of ether oxygens (including phenoxy) is 3. The summed E-state index contributed by atoms with van der Waals surface area (Å²) in [5.74, 6) is 0.224. The van der Waals surface area contributed by atoms with E-state index in [0.29, 0.717) is 35.7 Å². The normalized spacial score (nSPS) is 18.4. The molecule has 0 radical (unpaired) electrons. The quantitative estimate of drug-likeness (QED) is 0.804. The summed E-state index contributed by atoms with van der Waals surface area (Å²) >= 11 is 0. The number of hydrogen-bond acceptors (Lipinski definition) is 5. The first-order valence-electron chi connectivity index (χ1n) is 9.05. The van der Waals surface area contributed by atoms with E-state index >= 15 is 0 Å². The van der Waals surface area contributed by atoms with Crippen LogP contribution in [0, 0.1) is 27.7 Å². The van der Waals surface area contributed by atoms with Crippen LogP contribution < -0.4 is 9.47 Å². The van der Waals surface area contributed by atoms with Gasteiger partial charge in [0.05, 0.1) is 12.7 Å². The highest BCUT2D eigenvalue weighted by Crippen LogP contribution is 2.43. The van der Waals surface area contributed by atoms with E-state index < -0.39 is 11.8 Å². The molecule has 1 heterocycles. The Balaban J connectivity index is 1.88. The number of phenolic OH excluding ortho intramolecular Hbond substituents is 1. The van der Waals surface area contributed by atoms with Crippen LogP contribution in [0.25, 0.3) is 0 Å². The van der Waals surface area contributed by atoms with Gasteiger partial charge in [-0.05, 0) is 74.6 Å². The summed E-state index contributed by atoms with van der Waals surface area (Å²) in [6.07, 6.45) is 1.19. The number of carbonyl (C=O) groups excluding carboxylic acids is 1. The molecular formula is C22H26O5. The zero-order valence-electron chi connectivity index (χ0n) is 16.7. The number of esters is 1. The number of phenols is 1. The first-order chi connectivity index (χ1) is 12.7. The highest BCUT2D eigenvalue weighted by atomic mass is 16.7. The van der Waals surface area contributed by atoms with Gasteiger partial charge in [-0.25, -0.2) is 4.79 Å². The average Bonchev–Trinajstić information content (AvgIpc) is 2.64. The number of fused-ring (bicyclic) bond motifs is 1. The van der Waals surface area contributed by atoms with Crippen LogP contribution in [0.2, 0.25) is 0 Å². The number of benzene rings is 2. The zero-order chi connectivity index (χ0) is 19.9. The SMILES string of the molecule is COc1ccc(C(=O)OC2(C)CCc3c(C)c(O)c(C)c(C)c3O2)c(C)c1. The second kappa shape index (κ2) is 6.80. The van der Waals surface area contributed by atoms with E-state index in [2.05, 4.69) is 0 Å². The molecule has 144 valence electrons. The van der Waals surface area contributed by atoms with Crippen molar-refractivity contribution in [3.63, 3.8) is 0 Å². The van der Waals surface area contributed by atoms with Gasteiger partial charge in [-0.2, -0.15) is 0 Å². The lowest BCUT2D eigenvalue weighted by Crippen LogP contribution is -2.41. The summed E-state index contributed by atoms with van der Waals surface area (Å²) in [6.45, 7) is 9.29. The molecule has 0 fully saturated rings. The number of aryl methyl sites for hydroxylation is 1. The van der Waals surface area contributed by atoms with Crippen molar-refractivity contribution in [2.75, 3.05) is 7.11 Å². The van der Waals surface area contributed by atoms with Gasteiger partial charge in [0.15, 0.2) is 0 Å². The topological polar surface area (TPSA) is 65.0 Å². The minimum atomic E-state index is -1.06. The first-order valence-corrected chi connectivity index (χ1v) is 9.05. The molecule has 0 saturated carbocycles. The predicted octanol–water partition coefficient (Wildman–Crippen LogP) is 4.53. The fourth-order valence-corrected chi connectivity index (χ4v) is 3.54. The molecule has 1 atom stereocenters. The number of hydrogen-bond donors (Lipinski definition) is 1. The Hall–Kier alpha value is -2.69. The molecule has 1 unspecified atom stereocenters. The van der Waals surface area contributed by atoms with Gasteiger partial charge in [-0.15, -0.1) is 0 Å². The maximum Gasteiger partial charge on any atom is 0.341 e. The standard InChI is InChI=1S/C22H26O5/c1-12-11-16(25-6)7-8-17(12)21(24)27-22(5)10-9-18-15(4)19(23)13(2)14(3)20(18)26-22/h7-8,11,23H,9-10H2,1-6H3. The number of aromatic hydroxyl groups is 1.